The second-order valence-electron chi connectivity index (χ2n) is 10.4. The maximum absolute atomic E-state index is 13.9. The lowest BCUT2D eigenvalue weighted by molar-refractivity contribution is -0.146. The fraction of sp³-hybridized carbons (Fsp3) is 0.423. The van der Waals surface area contributed by atoms with Crippen molar-refractivity contribution in [2.24, 2.45) is 10.6 Å². The Morgan fingerprint density at radius 2 is 1.73 bits per heavy atom. The zero-order valence-corrected chi connectivity index (χ0v) is 23.0. The van der Waals surface area contributed by atoms with Crippen LogP contribution in [0.1, 0.15) is 61.6 Å². The summed E-state index contributed by atoms with van der Waals surface area (Å²) in [5, 5.41) is 18.5. The zero-order chi connectivity index (χ0) is 28.0. The number of aryl methyl sites for hydroxylation is 1. The number of nitrogens with zero attached hydrogens (tertiary/aromatic N) is 2. The second kappa shape index (κ2) is 9.79. The summed E-state index contributed by atoms with van der Waals surface area (Å²) in [6, 6.07) is 5.08. The number of carbonyl (C=O) groups is 3. The van der Waals surface area contributed by atoms with Gasteiger partial charge in [0.1, 0.15) is 11.8 Å². The smallest absolute Gasteiger partial charge is 0.305 e. The maximum atomic E-state index is 13.9. The molecule has 11 heteroatoms. The number of hydrogen-bond acceptors (Lipinski definition) is 6. The number of benzene rings is 2. The summed E-state index contributed by atoms with van der Waals surface area (Å²) in [4.78, 5) is 40.9. The average Bonchev–Trinajstić information content (AvgIpc) is 2.77. The number of fused-ring (bicyclic) bond motifs is 1. The average molecular weight is 531 g/mol. The Morgan fingerprint density at radius 3 is 2.27 bits per heavy atom. The molecule has 0 bridgehead atoms. The molecule has 0 radical (unpaired) electrons. The van der Waals surface area contributed by atoms with E-state index in [1.165, 1.54) is 17.0 Å². The van der Waals surface area contributed by atoms with Crippen LogP contribution in [0.15, 0.2) is 24.3 Å². The van der Waals surface area contributed by atoms with E-state index in [1.54, 1.807) is 53.7 Å². The van der Waals surface area contributed by atoms with Gasteiger partial charge < -0.3 is 15.3 Å². The molecule has 0 aromatic heterocycles. The standard InChI is InChI=1S/C26H34N4O6S/c1-14-12-21(15(2)16(3)23(14)32)28-24(33)22-20-13-19(30(17(4)31)37(27,35)36)9-8-18(20)10-11-29(22)25(34)26(5,6)7/h8-9,12-13,22,32H,10-11H2,1-7H3,(H,28,33)(H2,27,35,36). The molecule has 200 valence electrons. The minimum absolute atomic E-state index is 0.0240. The van der Waals surface area contributed by atoms with Gasteiger partial charge in [-0.05, 0) is 73.2 Å². The minimum Gasteiger partial charge on any atom is -0.507 e. The van der Waals surface area contributed by atoms with Crippen LogP contribution in [0.25, 0.3) is 0 Å². The minimum atomic E-state index is -4.42. The highest BCUT2D eigenvalue weighted by Gasteiger charge is 2.40. The fourth-order valence-corrected chi connectivity index (χ4v) is 5.33. The van der Waals surface area contributed by atoms with Crippen molar-refractivity contribution in [2.75, 3.05) is 16.2 Å². The largest absolute Gasteiger partial charge is 0.507 e. The van der Waals surface area contributed by atoms with E-state index in [4.69, 9.17) is 5.14 Å². The van der Waals surface area contributed by atoms with Crippen LogP contribution in [-0.4, -0.2) is 42.7 Å². The van der Waals surface area contributed by atoms with Gasteiger partial charge >= 0.3 is 10.2 Å². The second-order valence-corrected chi connectivity index (χ2v) is 11.8. The Bertz CT molecular complexity index is 1390. The first-order valence-electron chi connectivity index (χ1n) is 11.8. The van der Waals surface area contributed by atoms with Gasteiger partial charge in [-0.15, -0.1) is 0 Å². The van der Waals surface area contributed by atoms with Gasteiger partial charge in [-0.1, -0.05) is 26.8 Å². The van der Waals surface area contributed by atoms with E-state index in [0.717, 1.165) is 12.5 Å². The molecule has 37 heavy (non-hydrogen) atoms. The predicted molar refractivity (Wildman–Crippen MR) is 141 cm³/mol. The number of aromatic hydroxyl groups is 1. The normalized spacial score (nSPS) is 15.7. The van der Waals surface area contributed by atoms with Crippen molar-refractivity contribution < 1.29 is 27.9 Å². The number of nitrogens with one attached hydrogen (secondary N) is 1. The highest BCUT2D eigenvalue weighted by atomic mass is 32.2. The van der Waals surface area contributed by atoms with Crippen molar-refractivity contribution in [1.29, 1.82) is 0 Å². The summed E-state index contributed by atoms with van der Waals surface area (Å²) >= 11 is 0. The van der Waals surface area contributed by atoms with Crippen molar-refractivity contribution in [3.63, 3.8) is 0 Å². The number of phenolic OH excluding ortho intramolecular Hbond substituents is 1. The number of hydrogen-bond donors (Lipinski definition) is 3. The molecule has 0 saturated carbocycles. The SMILES string of the molecule is CC(=O)N(c1ccc2c(c1)C(C(=O)Nc1cc(C)c(O)c(C)c1C)N(C(=O)C(C)(C)C)CC2)S(N)(=O)=O. The Hall–Kier alpha value is -3.44. The highest BCUT2D eigenvalue weighted by Crippen LogP contribution is 2.38. The lowest BCUT2D eigenvalue weighted by Crippen LogP contribution is -2.49. The number of carbonyl (C=O) groups excluding carboxylic acids is 3. The van der Waals surface area contributed by atoms with Crippen molar-refractivity contribution in [3.8, 4) is 5.75 Å². The Kier molecular flexibility index (Phi) is 7.44. The molecule has 0 fully saturated rings. The van der Waals surface area contributed by atoms with E-state index in [-0.39, 0.29) is 23.9 Å². The van der Waals surface area contributed by atoms with Crippen LogP contribution in [-0.2, 0) is 31.0 Å². The van der Waals surface area contributed by atoms with Crippen LogP contribution < -0.4 is 14.8 Å². The molecule has 1 heterocycles. The topological polar surface area (TPSA) is 150 Å². The maximum Gasteiger partial charge on any atom is 0.305 e. The van der Waals surface area contributed by atoms with Gasteiger partial charge in [-0.2, -0.15) is 12.7 Å². The van der Waals surface area contributed by atoms with Crippen LogP contribution in [0.5, 0.6) is 5.75 Å². The molecule has 0 aliphatic carbocycles. The van der Waals surface area contributed by atoms with E-state index >= 15 is 0 Å². The number of amides is 3. The molecule has 3 amide bonds. The molecule has 2 aromatic carbocycles. The van der Waals surface area contributed by atoms with E-state index in [1.807, 2.05) is 0 Å². The summed E-state index contributed by atoms with van der Waals surface area (Å²) in [6.07, 6.45) is 0.438. The molecular weight excluding hydrogens is 496 g/mol. The molecule has 4 N–H and O–H groups in total. The molecule has 3 rings (SSSR count). The third-order valence-corrected chi connectivity index (χ3v) is 7.57. The summed E-state index contributed by atoms with van der Waals surface area (Å²) < 4.78 is 24.8. The lowest BCUT2D eigenvalue weighted by atomic mass is 9.87. The van der Waals surface area contributed by atoms with Crippen molar-refractivity contribution in [2.45, 2.75) is 60.9 Å². The number of nitrogens with two attached hydrogens (primary N) is 1. The van der Waals surface area contributed by atoms with Crippen LogP contribution in [0.3, 0.4) is 0 Å². The highest BCUT2D eigenvalue weighted by molar-refractivity contribution is 7.91. The summed E-state index contributed by atoms with van der Waals surface area (Å²) in [7, 11) is -4.42. The first-order valence-corrected chi connectivity index (χ1v) is 13.3. The number of rotatable bonds is 4. The molecule has 2 aromatic rings. The van der Waals surface area contributed by atoms with Crippen LogP contribution in [0.2, 0.25) is 0 Å². The Labute approximate surface area is 217 Å². The molecule has 1 aliphatic heterocycles. The van der Waals surface area contributed by atoms with E-state index in [0.29, 0.717) is 38.7 Å². The Morgan fingerprint density at radius 1 is 1.11 bits per heavy atom. The summed E-state index contributed by atoms with van der Waals surface area (Å²) in [5.74, 6) is -1.44. The molecule has 1 aliphatic rings. The van der Waals surface area contributed by atoms with Gasteiger partial charge in [-0.25, -0.2) is 5.14 Å². The Balaban J connectivity index is 2.18. The number of phenols is 1. The van der Waals surface area contributed by atoms with E-state index in [9.17, 15) is 27.9 Å². The summed E-state index contributed by atoms with van der Waals surface area (Å²) in [6.45, 7) is 11.8. The molecule has 0 spiro atoms. The third kappa shape index (κ3) is 5.47. The monoisotopic (exact) mass is 530 g/mol. The molecule has 1 atom stereocenters. The number of anilines is 2. The first-order chi connectivity index (χ1) is 16.9. The zero-order valence-electron chi connectivity index (χ0n) is 22.2. The summed E-state index contributed by atoms with van der Waals surface area (Å²) in [5.41, 5.74) is 2.69. The molecule has 10 nitrogen and oxygen atoms in total. The van der Waals surface area contributed by atoms with Crippen LogP contribution >= 0.6 is 0 Å². The van der Waals surface area contributed by atoms with Gasteiger partial charge in [0.2, 0.25) is 11.8 Å². The van der Waals surface area contributed by atoms with Crippen LogP contribution in [0, 0.1) is 26.2 Å². The van der Waals surface area contributed by atoms with Gasteiger partial charge in [0.15, 0.2) is 0 Å². The van der Waals surface area contributed by atoms with Gasteiger partial charge in [0.05, 0.1) is 5.69 Å². The predicted octanol–water partition coefficient (Wildman–Crippen LogP) is 2.98. The van der Waals surface area contributed by atoms with Crippen molar-refractivity contribution >= 4 is 39.3 Å². The van der Waals surface area contributed by atoms with E-state index < -0.39 is 33.5 Å². The lowest BCUT2D eigenvalue weighted by Gasteiger charge is -2.40. The quantitative estimate of drug-likeness (QED) is 0.517. The fourth-order valence-electron chi connectivity index (χ4n) is 4.57. The molecule has 0 saturated heterocycles. The molecular formula is C26H34N4O6S. The molecule has 1 unspecified atom stereocenters. The van der Waals surface area contributed by atoms with Gasteiger partial charge in [0, 0.05) is 24.6 Å². The van der Waals surface area contributed by atoms with Crippen LogP contribution in [0.4, 0.5) is 11.4 Å². The van der Waals surface area contributed by atoms with Gasteiger partial charge in [-0.3, -0.25) is 14.4 Å². The van der Waals surface area contributed by atoms with Crippen molar-refractivity contribution in [3.05, 3.63) is 52.1 Å². The van der Waals surface area contributed by atoms with Crippen molar-refractivity contribution in [1.82, 2.24) is 4.90 Å². The van der Waals surface area contributed by atoms with E-state index in [2.05, 4.69) is 5.32 Å². The van der Waals surface area contributed by atoms with Gasteiger partial charge in [0.25, 0.3) is 5.91 Å². The third-order valence-electron chi connectivity index (χ3n) is 6.60. The first kappa shape index (κ1) is 28.1.